The summed E-state index contributed by atoms with van der Waals surface area (Å²) < 4.78 is 36.2. The number of carbonyl (C=O) groups is 1. The molecule has 0 aromatic heterocycles. The number of hydrogen-bond donors (Lipinski definition) is 1. The van der Waals surface area contributed by atoms with Crippen molar-refractivity contribution in [2.45, 2.75) is 11.8 Å². The topological polar surface area (TPSA) is 81.7 Å². The number of ether oxygens (including phenoxy) is 1. The highest BCUT2D eigenvalue weighted by molar-refractivity contribution is 7.87. The maximum absolute atomic E-state index is 13.1. The van der Waals surface area contributed by atoms with E-state index in [2.05, 4.69) is 5.32 Å². The Hall–Kier alpha value is -4.36. The molecule has 0 bridgehead atoms. The highest BCUT2D eigenvalue weighted by Crippen LogP contribution is 2.36. The number of nitrogens with one attached hydrogen (secondary N) is 1. The lowest BCUT2D eigenvalue weighted by atomic mass is 9.93. The van der Waals surface area contributed by atoms with E-state index in [-0.39, 0.29) is 23.2 Å². The van der Waals surface area contributed by atoms with Crippen LogP contribution in [0.1, 0.15) is 27.0 Å². The zero-order valence-corrected chi connectivity index (χ0v) is 20.3. The molecule has 4 aromatic carbocycles. The summed E-state index contributed by atoms with van der Waals surface area (Å²) >= 11 is 0. The van der Waals surface area contributed by atoms with E-state index in [0.717, 1.165) is 28.0 Å². The summed E-state index contributed by atoms with van der Waals surface area (Å²) in [4.78, 5) is 13.2. The Labute approximate surface area is 210 Å². The fourth-order valence-corrected chi connectivity index (χ4v) is 4.90. The molecule has 1 amide bonds. The average molecular weight is 498 g/mol. The zero-order chi connectivity index (χ0) is 25.1. The van der Waals surface area contributed by atoms with E-state index in [1.165, 1.54) is 36.4 Å². The molecule has 7 heteroatoms. The van der Waals surface area contributed by atoms with Crippen LogP contribution in [0.25, 0.3) is 5.57 Å². The molecule has 6 nitrogen and oxygen atoms in total. The predicted molar refractivity (Wildman–Crippen MR) is 137 cm³/mol. The van der Waals surface area contributed by atoms with E-state index in [4.69, 9.17) is 8.92 Å². The second-order valence-electron chi connectivity index (χ2n) is 8.33. The third-order valence-electron chi connectivity index (χ3n) is 5.79. The van der Waals surface area contributed by atoms with Gasteiger partial charge < -0.3 is 14.2 Å². The van der Waals surface area contributed by atoms with Crippen LogP contribution in [0.2, 0.25) is 0 Å². The van der Waals surface area contributed by atoms with Crippen molar-refractivity contribution in [1.82, 2.24) is 5.32 Å². The summed E-state index contributed by atoms with van der Waals surface area (Å²) in [5, 5.41) is 2.98. The van der Waals surface area contributed by atoms with Crippen LogP contribution in [-0.2, 0) is 10.1 Å². The first-order valence-corrected chi connectivity index (χ1v) is 12.7. The van der Waals surface area contributed by atoms with Gasteiger partial charge >= 0.3 is 10.1 Å². The van der Waals surface area contributed by atoms with Crippen molar-refractivity contribution in [3.05, 3.63) is 131 Å². The Bertz CT molecular complexity index is 1540. The first-order chi connectivity index (χ1) is 17.4. The second kappa shape index (κ2) is 9.71. The van der Waals surface area contributed by atoms with Crippen molar-refractivity contribution in [3.8, 4) is 11.5 Å². The summed E-state index contributed by atoms with van der Waals surface area (Å²) in [7, 11) is -3.98. The molecule has 0 aliphatic carbocycles. The van der Waals surface area contributed by atoms with E-state index in [9.17, 15) is 13.2 Å². The van der Waals surface area contributed by atoms with Crippen molar-refractivity contribution in [3.63, 3.8) is 0 Å². The number of carbonyl (C=O) groups excluding carboxylic acids is 1. The van der Waals surface area contributed by atoms with Gasteiger partial charge in [0.25, 0.3) is 5.91 Å². The van der Waals surface area contributed by atoms with E-state index < -0.39 is 10.1 Å². The lowest BCUT2D eigenvalue weighted by Gasteiger charge is -2.25. The number of para-hydroxylation sites is 1. The number of aryl methyl sites for hydroxylation is 1. The number of rotatable bonds is 6. The molecule has 0 saturated carbocycles. The minimum absolute atomic E-state index is 0.0628. The molecule has 4 aromatic rings. The molecular weight excluding hydrogens is 474 g/mol. The van der Waals surface area contributed by atoms with Crippen LogP contribution in [-0.4, -0.2) is 20.9 Å². The fourth-order valence-electron chi connectivity index (χ4n) is 3.97. The third kappa shape index (κ3) is 4.87. The third-order valence-corrected chi connectivity index (χ3v) is 7.05. The largest absolute Gasteiger partial charge is 0.487 e. The van der Waals surface area contributed by atoms with Gasteiger partial charge in [0, 0.05) is 16.7 Å². The predicted octanol–water partition coefficient (Wildman–Crippen LogP) is 5.34. The fraction of sp³-hybridized carbons (Fsp3) is 0.0690. The van der Waals surface area contributed by atoms with Gasteiger partial charge in [0.15, 0.2) is 0 Å². The van der Waals surface area contributed by atoms with Crippen LogP contribution in [0.15, 0.2) is 114 Å². The van der Waals surface area contributed by atoms with Crippen LogP contribution in [0, 0.1) is 6.92 Å². The summed E-state index contributed by atoms with van der Waals surface area (Å²) in [5.41, 5.74) is 4.71. The molecule has 0 saturated heterocycles. The quantitative estimate of drug-likeness (QED) is 0.364. The van der Waals surface area contributed by atoms with Gasteiger partial charge in [-0.1, -0.05) is 66.2 Å². The molecule has 1 aliphatic rings. The Morgan fingerprint density at radius 1 is 0.833 bits per heavy atom. The van der Waals surface area contributed by atoms with Crippen molar-refractivity contribution in [2.75, 3.05) is 6.61 Å². The van der Waals surface area contributed by atoms with Crippen molar-refractivity contribution in [1.29, 1.82) is 0 Å². The Balaban J connectivity index is 1.38. The number of hydrogen-bond acceptors (Lipinski definition) is 5. The summed E-state index contributed by atoms with van der Waals surface area (Å²) in [6.07, 6.45) is 0. The maximum Gasteiger partial charge on any atom is 0.339 e. The van der Waals surface area contributed by atoms with Crippen LogP contribution in [0.4, 0.5) is 0 Å². The molecule has 180 valence electrons. The lowest BCUT2D eigenvalue weighted by molar-refractivity contribution is 0.0961. The van der Waals surface area contributed by atoms with Crippen LogP contribution >= 0.6 is 0 Å². The van der Waals surface area contributed by atoms with Gasteiger partial charge in [0.05, 0.1) is 5.70 Å². The van der Waals surface area contributed by atoms with Crippen molar-refractivity contribution >= 4 is 21.6 Å². The van der Waals surface area contributed by atoms with Gasteiger partial charge in [0.1, 0.15) is 23.0 Å². The Kier molecular flexibility index (Phi) is 6.31. The zero-order valence-electron chi connectivity index (χ0n) is 19.5. The number of amides is 1. The summed E-state index contributed by atoms with van der Waals surface area (Å²) in [6, 6.07) is 29.9. The molecular formula is C29H23NO5S. The second-order valence-corrected chi connectivity index (χ2v) is 9.88. The van der Waals surface area contributed by atoms with Gasteiger partial charge in [-0.2, -0.15) is 8.42 Å². The number of benzene rings is 4. The minimum Gasteiger partial charge on any atom is -0.487 e. The van der Waals surface area contributed by atoms with E-state index in [0.29, 0.717) is 11.3 Å². The molecule has 0 radical (unpaired) electrons. The van der Waals surface area contributed by atoms with Gasteiger partial charge in [-0.25, -0.2) is 0 Å². The van der Waals surface area contributed by atoms with Crippen molar-refractivity contribution in [2.24, 2.45) is 0 Å². The van der Waals surface area contributed by atoms with E-state index in [1.807, 2.05) is 61.5 Å². The molecule has 0 unspecified atom stereocenters. The molecule has 36 heavy (non-hydrogen) atoms. The lowest BCUT2D eigenvalue weighted by Crippen LogP contribution is -2.29. The molecule has 1 heterocycles. The highest BCUT2D eigenvalue weighted by atomic mass is 32.2. The monoisotopic (exact) mass is 497 g/mol. The van der Waals surface area contributed by atoms with Crippen LogP contribution in [0.5, 0.6) is 11.5 Å². The molecule has 1 N–H and O–H groups in total. The summed E-state index contributed by atoms with van der Waals surface area (Å²) in [6.45, 7) is 2.08. The SMILES string of the molecule is Cc1ccc(S(=O)(=O)Oc2ccc(C(=O)NC3=C(c4ccccc4)c4ccccc4OC3)cc2)cc1. The maximum atomic E-state index is 13.1. The smallest absolute Gasteiger partial charge is 0.339 e. The molecule has 0 fully saturated rings. The summed E-state index contributed by atoms with van der Waals surface area (Å²) in [5.74, 6) is 0.534. The molecule has 5 rings (SSSR count). The van der Waals surface area contributed by atoms with Gasteiger partial charge in [-0.15, -0.1) is 0 Å². The Morgan fingerprint density at radius 3 is 2.22 bits per heavy atom. The first kappa shape index (κ1) is 23.4. The minimum atomic E-state index is -3.98. The van der Waals surface area contributed by atoms with Gasteiger partial charge in [-0.05, 0) is 55.0 Å². The Morgan fingerprint density at radius 2 is 1.50 bits per heavy atom. The number of fused-ring (bicyclic) bond motifs is 1. The highest BCUT2D eigenvalue weighted by Gasteiger charge is 2.23. The standard InChI is InChI=1S/C29H23NO5S/c1-20-11-17-24(18-12-20)36(32,33)35-23-15-13-22(14-16-23)29(31)30-26-19-34-27-10-6-5-9-25(27)28(26)21-7-3-2-4-8-21/h2-18H,19H2,1H3,(H,30,31). The van der Waals surface area contributed by atoms with E-state index in [1.54, 1.807) is 12.1 Å². The van der Waals surface area contributed by atoms with Crippen LogP contribution in [0.3, 0.4) is 0 Å². The molecule has 0 atom stereocenters. The first-order valence-electron chi connectivity index (χ1n) is 11.3. The van der Waals surface area contributed by atoms with Gasteiger partial charge in [0.2, 0.25) is 0 Å². The molecule has 1 aliphatic heterocycles. The van der Waals surface area contributed by atoms with Gasteiger partial charge in [-0.3, -0.25) is 4.79 Å². The normalized spacial score (nSPS) is 12.9. The average Bonchev–Trinajstić information content (AvgIpc) is 2.89. The molecule has 0 spiro atoms. The van der Waals surface area contributed by atoms with E-state index >= 15 is 0 Å². The van der Waals surface area contributed by atoms with Crippen LogP contribution < -0.4 is 14.2 Å². The van der Waals surface area contributed by atoms with Crippen molar-refractivity contribution < 1.29 is 22.1 Å².